The maximum Gasteiger partial charge on any atom is 0.315 e. The molecule has 0 aliphatic carbocycles. The zero-order chi connectivity index (χ0) is 16.5. The van der Waals surface area contributed by atoms with Crippen LogP contribution in [0.3, 0.4) is 0 Å². The highest BCUT2D eigenvalue weighted by Gasteiger charge is 2.24. The van der Waals surface area contributed by atoms with Crippen LogP contribution in [0, 0.1) is 0 Å². The third-order valence-corrected chi connectivity index (χ3v) is 5.11. The van der Waals surface area contributed by atoms with Crippen molar-refractivity contribution in [1.82, 2.24) is 20.5 Å². The summed E-state index contributed by atoms with van der Waals surface area (Å²) in [4.78, 5) is 18.4. The minimum atomic E-state index is -0.0215. The van der Waals surface area contributed by atoms with E-state index in [0.29, 0.717) is 6.04 Å². The molecule has 1 aromatic rings. The molecule has 23 heavy (non-hydrogen) atoms. The molecule has 0 radical (unpaired) electrons. The molecule has 0 bridgehead atoms. The molecule has 128 valence electrons. The van der Waals surface area contributed by atoms with Gasteiger partial charge in [-0.2, -0.15) is 11.8 Å². The first-order valence-corrected chi connectivity index (χ1v) is 9.77. The molecule has 2 amide bonds. The number of amides is 2. The molecule has 2 rings (SSSR count). The maximum atomic E-state index is 11.9. The summed E-state index contributed by atoms with van der Waals surface area (Å²) in [6, 6.07) is 4.83. The van der Waals surface area contributed by atoms with E-state index in [2.05, 4.69) is 45.8 Å². The molecule has 1 fully saturated rings. The Labute approximate surface area is 143 Å². The Kier molecular flexibility index (Phi) is 7.68. The molecule has 1 aromatic heterocycles. The highest BCUT2D eigenvalue weighted by Crippen LogP contribution is 2.23. The summed E-state index contributed by atoms with van der Waals surface area (Å²) in [6.45, 7) is 5.02. The van der Waals surface area contributed by atoms with Gasteiger partial charge in [0, 0.05) is 44.1 Å². The average molecular weight is 337 g/mol. The zero-order valence-electron chi connectivity index (χ0n) is 14.1. The van der Waals surface area contributed by atoms with Crippen LogP contribution in [0.2, 0.25) is 0 Å². The summed E-state index contributed by atoms with van der Waals surface area (Å²) in [7, 11) is 0. The highest BCUT2D eigenvalue weighted by molar-refractivity contribution is 7.98. The third kappa shape index (κ3) is 6.03. The first-order valence-electron chi connectivity index (χ1n) is 8.38. The number of thioether (sulfide) groups is 1. The smallest absolute Gasteiger partial charge is 0.315 e. The molecule has 2 heterocycles. The van der Waals surface area contributed by atoms with E-state index in [9.17, 15) is 4.79 Å². The standard InChI is InChI=1S/C17H28N4OS/c1-14(15-4-9-18-10-5-15)21-11-6-16(7-12-21)20-17(22)19-8-3-13-23-2/h4-5,9-10,14,16H,3,6-8,11-13H2,1-2H3,(H2,19,20,22)/t14-/m1/s1. The van der Waals surface area contributed by atoms with Crippen molar-refractivity contribution in [2.45, 2.75) is 38.3 Å². The van der Waals surface area contributed by atoms with Gasteiger partial charge < -0.3 is 10.6 Å². The molecule has 2 N–H and O–H groups in total. The van der Waals surface area contributed by atoms with E-state index in [1.165, 1.54) is 5.56 Å². The number of nitrogens with zero attached hydrogens (tertiary/aromatic N) is 2. The van der Waals surface area contributed by atoms with E-state index in [4.69, 9.17) is 0 Å². The number of piperidine rings is 1. The van der Waals surface area contributed by atoms with Gasteiger partial charge in [0.15, 0.2) is 0 Å². The molecular formula is C17H28N4OS. The Morgan fingerprint density at radius 3 is 2.74 bits per heavy atom. The van der Waals surface area contributed by atoms with Gasteiger partial charge in [0.2, 0.25) is 0 Å². The van der Waals surface area contributed by atoms with Gasteiger partial charge in [-0.3, -0.25) is 9.88 Å². The van der Waals surface area contributed by atoms with Crippen molar-refractivity contribution >= 4 is 17.8 Å². The summed E-state index contributed by atoms with van der Waals surface area (Å²) in [6.07, 6.45) is 8.82. The van der Waals surface area contributed by atoms with Crippen molar-refractivity contribution in [3.05, 3.63) is 30.1 Å². The quantitative estimate of drug-likeness (QED) is 0.752. The van der Waals surface area contributed by atoms with Crippen molar-refractivity contribution in [3.63, 3.8) is 0 Å². The monoisotopic (exact) mass is 336 g/mol. The number of likely N-dealkylation sites (tertiary alicyclic amines) is 1. The van der Waals surface area contributed by atoms with Gasteiger partial charge in [0.1, 0.15) is 0 Å². The Morgan fingerprint density at radius 1 is 1.39 bits per heavy atom. The molecule has 1 aliphatic heterocycles. The van der Waals surface area contributed by atoms with Crippen LogP contribution in [-0.4, -0.2) is 53.6 Å². The summed E-state index contributed by atoms with van der Waals surface area (Å²) < 4.78 is 0. The lowest BCUT2D eigenvalue weighted by Crippen LogP contribution is -2.48. The third-order valence-electron chi connectivity index (χ3n) is 4.41. The van der Waals surface area contributed by atoms with Crippen molar-refractivity contribution < 1.29 is 4.79 Å². The lowest BCUT2D eigenvalue weighted by Gasteiger charge is -2.36. The molecule has 1 aliphatic rings. The number of rotatable bonds is 7. The predicted molar refractivity (Wildman–Crippen MR) is 96.8 cm³/mol. The second kappa shape index (κ2) is 9.78. The molecule has 0 spiro atoms. The maximum absolute atomic E-state index is 11.9. The Hall–Kier alpha value is -1.27. The molecule has 0 saturated carbocycles. The fourth-order valence-electron chi connectivity index (χ4n) is 2.94. The van der Waals surface area contributed by atoms with E-state index in [1.807, 2.05) is 24.2 Å². The molecule has 6 heteroatoms. The van der Waals surface area contributed by atoms with Crippen LogP contribution < -0.4 is 10.6 Å². The molecule has 1 atom stereocenters. The fraction of sp³-hybridized carbons (Fsp3) is 0.647. The average Bonchev–Trinajstić information content (AvgIpc) is 2.59. The molecule has 0 unspecified atom stereocenters. The first-order chi connectivity index (χ1) is 11.2. The van der Waals surface area contributed by atoms with Crippen LogP contribution in [0.4, 0.5) is 4.79 Å². The minimum absolute atomic E-state index is 0.0215. The van der Waals surface area contributed by atoms with E-state index in [1.54, 1.807) is 0 Å². The lowest BCUT2D eigenvalue weighted by atomic mass is 10.0. The van der Waals surface area contributed by atoms with Gasteiger partial charge in [0.05, 0.1) is 0 Å². The van der Waals surface area contributed by atoms with Crippen molar-refractivity contribution in [1.29, 1.82) is 0 Å². The predicted octanol–water partition coefficient (Wildman–Crippen LogP) is 2.66. The van der Waals surface area contributed by atoms with Gasteiger partial charge in [-0.1, -0.05) is 0 Å². The van der Waals surface area contributed by atoms with Crippen LogP contribution >= 0.6 is 11.8 Å². The number of pyridine rings is 1. The Bertz CT molecular complexity index is 463. The van der Waals surface area contributed by atoms with E-state index >= 15 is 0 Å². The van der Waals surface area contributed by atoms with Gasteiger partial charge in [0.25, 0.3) is 0 Å². The van der Waals surface area contributed by atoms with Crippen molar-refractivity contribution in [3.8, 4) is 0 Å². The SMILES string of the molecule is CSCCCNC(=O)NC1CCN([C@H](C)c2ccncc2)CC1. The zero-order valence-corrected chi connectivity index (χ0v) is 14.9. The number of carbonyl (C=O) groups excluding carboxylic acids is 1. The number of aromatic nitrogens is 1. The second-order valence-corrected chi connectivity index (χ2v) is 7.00. The van der Waals surface area contributed by atoms with Gasteiger partial charge in [-0.15, -0.1) is 0 Å². The number of nitrogens with one attached hydrogen (secondary N) is 2. The van der Waals surface area contributed by atoms with Crippen LogP contribution in [0.5, 0.6) is 0 Å². The van der Waals surface area contributed by atoms with Gasteiger partial charge in [-0.25, -0.2) is 4.79 Å². The summed E-state index contributed by atoms with van der Waals surface area (Å²) in [5, 5.41) is 6.04. The summed E-state index contributed by atoms with van der Waals surface area (Å²) >= 11 is 1.81. The van der Waals surface area contributed by atoms with E-state index in [-0.39, 0.29) is 12.1 Å². The molecule has 5 nitrogen and oxygen atoms in total. The number of carbonyl (C=O) groups is 1. The van der Waals surface area contributed by atoms with Crippen molar-refractivity contribution in [2.75, 3.05) is 31.6 Å². The van der Waals surface area contributed by atoms with Crippen LogP contribution in [0.1, 0.15) is 37.8 Å². The summed E-state index contributed by atoms with van der Waals surface area (Å²) in [5.41, 5.74) is 1.30. The Morgan fingerprint density at radius 2 is 2.09 bits per heavy atom. The largest absolute Gasteiger partial charge is 0.338 e. The van der Waals surface area contributed by atoms with E-state index in [0.717, 1.165) is 44.6 Å². The molecule has 0 aromatic carbocycles. The highest BCUT2D eigenvalue weighted by atomic mass is 32.2. The number of urea groups is 1. The molecular weight excluding hydrogens is 308 g/mol. The van der Waals surface area contributed by atoms with Crippen LogP contribution in [0.15, 0.2) is 24.5 Å². The van der Waals surface area contributed by atoms with Crippen LogP contribution in [0.25, 0.3) is 0 Å². The lowest BCUT2D eigenvalue weighted by molar-refractivity contribution is 0.153. The molecule has 1 saturated heterocycles. The second-order valence-electron chi connectivity index (χ2n) is 6.01. The van der Waals surface area contributed by atoms with Crippen molar-refractivity contribution in [2.24, 2.45) is 0 Å². The van der Waals surface area contributed by atoms with E-state index < -0.39 is 0 Å². The summed E-state index contributed by atoms with van der Waals surface area (Å²) in [5.74, 6) is 1.09. The van der Waals surface area contributed by atoms with Gasteiger partial charge in [-0.05, 0) is 55.9 Å². The number of hydrogen-bond acceptors (Lipinski definition) is 4. The fourth-order valence-corrected chi connectivity index (χ4v) is 3.37. The Balaban J connectivity index is 1.68. The topological polar surface area (TPSA) is 57.3 Å². The normalized spacial score (nSPS) is 17.7. The minimum Gasteiger partial charge on any atom is -0.338 e. The van der Waals surface area contributed by atoms with Crippen LogP contribution in [-0.2, 0) is 0 Å². The number of hydrogen-bond donors (Lipinski definition) is 2. The first kappa shape index (κ1) is 18.1. The van der Waals surface area contributed by atoms with Gasteiger partial charge >= 0.3 is 6.03 Å².